The van der Waals surface area contributed by atoms with E-state index in [2.05, 4.69) is 21.2 Å². The first-order valence-corrected chi connectivity index (χ1v) is 13.0. The van der Waals surface area contributed by atoms with Crippen LogP contribution in [0.1, 0.15) is 64.3 Å². The number of ether oxygens (including phenoxy) is 1. The van der Waals surface area contributed by atoms with Gasteiger partial charge in [0.25, 0.3) is 11.8 Å². The molecule has 2 aliphatic heterocycles. The first-order chi connectivity index (χ1) is 18.0. The van der Waals surface area contributed by atoms with Crippen molar-refractivity contribution in [1.29, 1.82) is 0 Å². The Morgan fingerprint density at radius 3 is 2.54 bits per heavy atom. The minimum Gasteiger partial charge on any atom is -0.491 e. The van der Waals surface area contributed by atoms with Crippen molar-refractivity contribution in [2.75, 3.05) is 32.8 Å². The number of amides is 2. The summed E-state index contributed by atoms with van der Waals surface area (Å²) in [6.45, 7) is 4.48. The zero-order chi connectivity index (χ0) is 25.7. The number of piperidine rings is 1. The Hall–Kier alpha value is -3.75. The van der Waals surface area contributed by atoms with Gasteiger partial charge in [-0.05, 0) is 56.1 Å². The second kappa shape index (κ2) is 11.1. The molecule has 2 amide bonds. The predicted molar refractivity (Wildman–Crippen MR) is 136 cm³/mol. The summed E-state index contributed by atoms with van der Waals surface area (Å²) in [5.41, 5.74) is 1.97. The van der Waals surface area contributed by atoms with Crippen molar-refractivity contribution in [2.45, 2.75) is 45.4 Å². The van der Waals surface area contributed by atoms with Crippen LogP contribution in [0.2, 0.25) is 0 Å². The molecule has 194 valence electrons. The minimum atomic E-state index is -0.139. The normalized spacial score (nSPS) is 18.3. The van der Waals surface area contributed by atoms with Crippen LogP contribution >= 0.6 is 0 Å². The molecule has 0 aliphatic carbocycles. The standard InChI is InChI=1S/C28H33N5O4/c1-21-23(18-31-37-21)26(34)32-14-10-28(11-15-32)9-5-4-7-22-6-2-3-8-25(22)36-17-16-33(20-28)27(35)24-19-29-12-13-30-24/h2-3,6,8,12-13,18-19H,4-5,7,9-11,14-17,20H2,1H3. The molecule has 5 rings (SSSR count). The largest absolute Gasteiger partial charge is 0.491 e. The van der Waals surface area contributed by atoms with Crippen LogP contribution < -0.4 is 4.74 Å². The second-order valence-electron chi connectivity index (χ2n) is 10.1. The molecular formula is C28H33N5O4. The lowest BCUT2D eigenvalue weighted by atomic mass is 9.73. The van der Waals surface area contributed by atoms with Crippen molar-refractivity contribution in [1.82, 2.24) is 24.9 Å². The summed E-state index contributed by atoms with van der Waals surface area (Å²) >= 11 is 0. The Bertz CT molecular complexity index is 1220. The van der Waals surface area contributed by atoms with E-state index in [1.54, 1.807) is 19.3 Å². The Kier molecular flexibility index (Phi) is 7.48. The molecule has 1 fully saturated rings. The van der Waals surface area contributed by atoms with Crippen LogP contribution in [0.25, 0.3) is 0 Å². The molecule has 9 nitrogen and oxygen atoms in total. The fraction of sp³-hybridized carbons (Fsp3) is 0.464. The first kappa shape index (κ1) is 24.9. The molecule has 0 N–H and O–H groups in total. The van der Waals surface area contributed by atoms with Gasteiger partial charge in [0.1, 0.15) is 29.4 Å². The third-order valence-electron chi connectivity index (χ3n) is 7.68. The SMILES string of the molecule is Cc1oncc1C(=O)N1CCC2(CCCCc3ccccc3OCCN(C(=O)c3cnccn3)C2)CC1. The van der Waals surface area contributed by atoms with Gasteiger partial charge in [-0.15, -0.1) is 0 Å². The molecular weight excluding hydrogens is 470 g/mol. The number of aryl methyl sites for hydroxylation is 2. The summed E-state index contributed by atoms with van der Waals surface area (Å²) < 4.78 is 11.3. The lowest BCUT2D eigenvalue weighted by Gasteiger charge is -2.44. The summed E-state index contributed by atoms with van der Waals surface area (Å²) in [6.07, 6.45) is 11.8. The van der Waals surface area contributed by atoms with E-state index in [-0.39, 0.29) is 17.2 Å². The Morgan fingerprint density at radius 1 is 0.946 bits per heavy atom. The summed E-state index contributed by atoms with van der Waals surface area (Å²) in [6, 6.07) is 8.15. The van der Waals surface area contributed by atoms with Gasteiger partial charge in [-0.3, -0.25) is 14.6 Å². The number of rotatable bonds is 2. The number of likely N-dealkylation sites (tertiary alicyclic amines) is 1. The number of hydrogen-bond acceptors (Lipinski definition) is 7. The third kappa shape index (κ3) is 5.65. The summed E-state index contributed by atoms with van der Waals surface area (Å²) in [5.74, 6) is 1.25. The average Bonchev–Trinajstić information content (AvgIpc) is 3.36. The van der Waals surface area contributed by atoms with Gasteiger partial charge in [-0.1, -0.05) is 29.8 Å². The van der Waals surface area contributed by atoms with Gasteiger partial charge in [0.2, 0.25) is 0 Å². The van der Waals surface area contributed by atoms with Crippen LogP contribution in [-0.2, 0) is 6.42 Å². The molecule has 3 aromatic rings. The third-order valence-corrected chi connectivity index (χ3v) is 7.68. The highest BCUT2D eigenvalue weighted by molar-refractivity contribution is 5.95. The minimum absolute atomic E-state index is 0.0424. The van der Waals surface area contributed by atoms with Crippen LogP contribution in [-0.4, -0.2) is 69.5 Å². The maximum Gasteiger partial charge on any atom is 0.274 e. The van der Waals surface area contributed by atoms with Crippen LogP contribution in [0.4, 0.5) is 0 Å². The van der Waals surface area contributed by atoms with E-state index in [0.29, 0.717) is 49.8 Å². The molecule has 1 aromatic carbocycles. The summed E-state index contributed by atoms with van der Waals surface area (Å²) in [5, 5.41) is 3.76. The van der Waals surface area contributed by atoms with E-state index >= 15 is 0 Å². The number of benzene rings is 1. The topological polar surface area (TPSA) is 102 Å². The predicted octanol–water partition coefficient (Wildman–Crippen LogP) is 3.94. The van der Waals surface area contributed by atoms with Gasteiger partial charge >= 0.3 is 0 Å². The quantitative estimate of drug-likeness (QED) is 0.522. The summed E-state index contributed by atoms with van der Waals surface area (Å²) in [7, 11) is 0. The summed E-state index contributed by atoms with van der Waals surface area (Å²) in [4.78, 5) is 38.7. The van der Waals surface area contributed by atoms with Crippen LogP contribution in [0.5, 0.6) is 5.75 Å². The second-order valence-corrected chi connectivity index (χ2v) is 10.1. The fourth-order valence-electron chi connectivity index (χ4n) is 5.51. The Labute approximate surface area is 216 Å². The number of aromatic nitrogens is 3. The maximum absolute atomic E-state index is 13.5. The Morgan fingerprint density at radius 2 is 1.78 bits per heavy atom. The van der Waals surface area contributed by atoms with E-state index in [1.807, 2.05) is 28.0 Å². The van der Waals surface area contributed by atoms with E-state index in [4.69, 9.17) is 9.26 Å². The number of carbonyl (C=O) groups excluding carboxylic acids is 2. The van der Waals surface area contributed by atoms with Crippen molar-refractivity contribution < 1.29 is 18.8 Å². The molecule has 1 saturated heterocycles. The fourth-order valence-corrected chi connectivity index (χ4v) is 5.51. The molecule has 0 unspecified atom stereocenters. The lowest BCUT2D eigenvalue weighted by Crippen LogP contribution is -2.50. The lowest BCUT2D eigenvalue weighted by molar-refractivity contribution is 0.0325. The first-order valence-electron chi connectivity index (χ1n) is 13.0. The molecule has 9 heteroatoms. The molecule has 4 heterocycles. The Balaban J connectivity index is 1.37. The van der Waals surface area contributed by atoms with E-state index < -0.39 is 0 Å². The van der Waals surface area contributed by atoms with E-state index in [0.717, 1.165) is 44.3 Å². The molecule has 2 aromatic heterocycles. The number of nitrogens with zero attached hydrogens (tertiary/aromatic N) is 5. The van der Waals surface area contributed by atoms with Crippen molar-refractivity contribution in [3.05, 3.63) is 71.6 Å². The highest BCUT2D eigenvalue weighted by atomic mass is 16.5. The molecule has 0 bridgehead atoms. The van der Waals surface area contributed by atoms with Gasteiger partial charge in [0.15, 0.2) is 0 Å². The number of carbonyl (C=O) groups is 2. The van der Waals surface area contributed by atoms with E-state index in [1.165, 1.54) is 18.0 Å². The van der Waals surface area contributed by atoms with Gasteiger partial charge in [-0.2, -0.15) is 0 Å². The van der Waals surface area contributed by atoms with Crippen molar-refractivity contribution in [2.24, 2.45) is 5.41 Å². The van der Waals surface area contributed by atoms with Gasteiger partial charge in [-0.25, -0.2) is 4.98 Å². The number of fused-ring (bicyclic) bond motifs is 1. The number of para-hydroxylation sites is 1. The van der Waals surface area contributed by atoms with Crippen molar-refractivity contribution in [3.8, 4) is 5.75 Å². The molecule has 0 radical (unpaired) electrons. The van der Waals surface area contributed by atoms with Crippen LogP contribution in [0, 0.1) is 12.3 Å². The monoisotopic (exact) mass is 503 g/mol. The van der Waals surface area contributed by atoms with Gasteiger partial charge in [0, 0.05) is 32.0 Å². The zero-order valence-electron chi connectivity index (χ0n) is 21.3. The average molecular weight is 504 g/mol. The van der Waals surface area contributed by atoms with Crippen molar-refractivity contribution >= 4 is 11.8 Å². The highest BCUT2D eigenvalue weighted by Gasteiger charge is 2.39. The van der Waals surface area contributed by atoms with Gasteiger partial charge in [0.05, 0.1) is 18.9 Å². The van der Waals surface area contributed by atoms with E-state index in [9.17, 15) is 9.59 Å². The van der Waals surface area contributed by atoms with Crippen LogP contribution in [0.3, 0.4) is 0 Å². The van der Waals surface area contributed by atoms with Gasteiger partial charge < -0.3 is 19.1 Å². The zero-order valence-corrected chi connectivity index (χ0v) is 21.3. The molecule has 37 heavy (non-hydrogen) atoms. The highest BCUT2D eigenvalue weighted by Crippen LogP contribution is 2.39. The van der Waals surface area contributed by atoms with Crippen molar-refractivity contribution in [3.63, 3.8) is 0 Å². The smallest absolute Gasteiger partial charge is 0.274 e. The maximum atomic E-state index is 13.5. The molecule has 1 spiro atoms. The molecule has 0 saturated carbocycles. The number of hydrogen-bond donors (Lipinski definition) is 0. The molecule has 0 atom stereocenters. The van der Waals surface area contributed by atoms with Crippen LogP contribution in [0.15, 0.2) is 53.6 Å². The molecule has 2 aliphatic rings.